The molecule has 158 valence electrons. The van der Waals surface area contributed by atoms with Crippen LogP contribution in [-0.2, 0) is 19.1 Å². The first-order chi connectivity index (χ1) is 12.7. The molecule has 1 fully saturated rings. The summed E-state index contributed by atoms with van der Waals surface area (Å²) in [6, 6.07) is 0. The lowest BCUT2D eigenvalue weighted by Crippen LogP contribution is -2.60. The van der Waals surface area contributed by atoms with E-state index in [1.54, 1.807) is 41.5 Å². The molecule has 0 aromatic heterocycles. The maximum atomic E-state index is 13.1. The molecule has 2 rings (SSSR count). The molecule has 3 atom stereocenters. The van der Waals surface area contributed by atoms with E-state index in [1.807, 2.05) is 13.0 Å². The van der Waals surface area contributed by atoms with Crippen LogP contribution < -0.4 is 0 Å². The summed E-state index contributed by atoms with van der Waals surface area (Å²) >= 11 is 0. The molecule has 28 heavy (non-hydrogen) atoms. The summed E-state index contributed by atoms with van der Waals surface area (Å²) < 4.78 is 11.0. The Bertz CT molecular complexity index is 656. The lowest BCUT2D eigenvalue weighted by Gasteiger charge is -2.52. The molecule has 0 amide bonds. The Labute approximate surface area is 167 Å². The predicted octanol–water partition coefficient (Wildman–Crippen LogP) is 3.93. The minimum atomic E-state index is -1.31. The Morgan fingerprint density at radius 3 is 2.07 bits per heavy atom. The van der Waals surface area contributed by atoms with Crippen molar-refractivity contribution in [1.29, 1.82) is 0 Å². The summed E-state index contributed by atoms with van der Waals surface area (Å²) in [6.07, 6.45) is 4.22. The molecule has 1 saturated carbocycles. The number of hydrogen-bond donors (Lipinski definition) is 0. The molecule has 0 aromatic rings. The van der Waals surface area contributed by atoms with Gasteiger partial charge in [0.2, 0.25) is 6.54 Å². The van der Waals surface area contributed by atoms with Crippen LogP contribution in [0.1, 0.15) is 67.7 Å². The fraction of sp³-hybridized carbons (Fsp3) is 0.810. The highest BCUT2D eigenvalue weighted by Gasteiger charge is 2.66. The molecule has 7 heteroatoms. The van der Waals surface area contributed by atoms with Gasteiger partial charge in [-0.3, -0.25) is 19.7 Å². The van der Waals surface area contributed by atoms with Gasteiger partial charge in [0, 0.05) is 4.92 Å². The first-order valence-electron chi connectivity index (χ1n) is 9.95. The third-order valence-electron chi connectivity index (χ3n) is 5.49. The Kier molecular flexibility index (Phi) is 5.98. The lowest BCUT2D eigenvalue weighted by atomic mass is 9.49. The Balaban J connectivity index is 2.47. The molecular weight excluding hydrogens is 362 g/mol. The lowest BCUT2D eigenvalue weighted by molar-refractivity contribution is -0.508. The zero-order valence-electron chi connectivity index (χ0n) is 18.0. The van der Waals surface area contributed by atoms with Gasteiger partial charge in [-0.25, -0.2) is 0 Å². The molecule has 2 aliphatic carbocycles. The third kappa shape index (κ3) is 4.73. The fourth-order valence-electron chi connectivity index (χ4n) is 4.58. The molecule has 7 nitrogen and oxygen atoms in total. The van der Waals surface area contributed by atoms with Crippen LogP contribution in [0, 0.1) is 33.3 Å². The molecule has 0 N–H and O–H groups in total. The van der Waals surface area contributed by atoms with Crippen molar-refractivity contribution < 1.29 is 24.0 Å². The van der Waals surface area contributed by atoms with Crippen molar-refractivity contribution in [3.8, 4) is 0 Å². The zero-order valence-corrected chi connectivity index (χ0v) is 18.0. The van der Waals surface area contributed by atoms with E-state index in [2.05, 4.69) is 0 Å². The second-order valence-corrected chi connectivity index (χ2v) is 10.1. The number of nitrogens with zero attached hydrogens (tertiary/aromatic N) is 1. The van der Waals surface area contributed by atoms with Crippen molar-refractivity contribution in [2.45, 2.75) is 78.9 Å². The normalized spacial score (nSPS) is 26.9. The number of fused-ring (bicyclic) bond motifs is 1. The number of esters is 2. The molecule has 0 spiro atoms. The van der Waals surface area contributed by atoms with Crippen molar-refractivity contribution in [3.05, 3.63) is 21.8 Å². The number of carbonyl (C=O) groups excluding carboxylic acids is 2. The van der Waals surface area contributed by atoms with Gasteiger partial charge in [-0.05, 0) is 72.6 Å². The van der Waals surface area contributed by atoms with Crippen molar-refractivity contribution in [3.63, 3.8) is 0 Å². The number of ether oxygens (including phenoxy) is 2. The Hall–Kier alpha value is -1.92. The van der Waals surface area contributed by atoms with Crippen LogP contribution in [0.25, 0.3) is 0 Å². The molecular formula is C21H33NO6. The quantitative estimate of drug-likeness (QED) is 0.222. The smallest absolute Gasteiger partial charge is 0.321 e. The third-order valence-corrected chi connectivity index (χ3v) is 5.49. The molecule has 0 heterocycles. The molecule has 0 radical (unpaired) electrons. The van der Waals surface area contributed by atoms with E-state index >= 15 is 0 Å². The first-order valence-corrected chi connectivity index (χ1v) is 9.95. The standard InChI is InChI=1S/C21H33NO6/c1-8-13-9-14-11-21(12-22(25)26,15(14)10-13)16(17(23)27-19(2,3)4)18(24)28-20(5,6)7/h10,14-16H,8-9,11-12H2,1-7H3/t14-,15-,21-/m1/s1. The van der Waals surface area contributed by atoms with E-state index in [9.17, 15) is 19.7 Å². The number of carbonyl (C=O) groups is 2. The van der Waals surface area contributed by atoms with Gasteiger partial charge in [0.05, 0.1) is 5.41 Å². The number of hydrogen-bond acceptors (Lipinski definition) is 6. The van der Waals surface area contributed by atoms with Gasteiger partial charge in [-0.15, -0.1) is 0 Å². The first kappa shape index (κ1) is 22.4. The average Bonchev–Trinajstić information content (AvgIpc) is 2.80. The minimum absolute atomic E-state index is 0.183. The van der Waals surface area contributed by atoms with Crippen molar-refractivity contribution in [1.82, 2.24) is 0 Å². The molecule has 0 unspecified atom stereocenters. The van der Waals surface area contributed by atoms with Gasteiger partial charge in [0.25, 0.3) is 0 Å². The van der Waals surface area contributed by atoms with E-state index in [0.29, 0.717) is 6.42 Å². The minimum Gasteiger partial charge on any atom is -0.459 e. The average molecular weight is 395 g/mol. The van der Waals surface area contributed by atoms with Gasteiger partial charge in [0.15, 0.2) is 5.92 Å². The highest BCUT2D eigenvalue weighted by atomic mass is 16.6. The second-order valence-electron chi connectivity index (χ2n) is 10.1. The topological polar surface area (TPSA) is 95.7 Å². The van der Waals surface area contributed by atoms with Crippen molar-refractivity contribution in [2.24, 2.45) is 23.2 Å². The van der Waals surface area contributed by atoms with Gasteiger partial charge < -0.3 is 9.47 Å². The summed E-state index contributed by atoms with van der Waals surface area (Å²) in [7, 11) is 0. The molecule has 0 saturated heterocycles. The van der Waals surface area contributed by atoms with E-state index in [-0.39, 0.29) is 11.8 Å². The maximum Gasteiger partial charge on any atom is 0.321 e. The van der Waals surface area contributed by atoms with Crippen LogP contribution in [0.5, 0.6) is 0 Å². The maximum absolute atomic E-state index is 13.1. The monoisotopic (exact) mass is 395 g/mol. The van der Waals surface area contributed by atoms with Crippen LogP contribution in [0.3, 0.4) is 0 Å². The van der Waals surface area contributed by atoms with Crippen LogP contribution in [-0.4, -0.2) is 34.6 Å². The van der Waals surface area contributed by atoms with E-state index in [4.69, 9.17) is 9.47 Å². The summed E-state index contributed by atoms with van der Waals surface area (Å²) in [5.74, 6) is -2.73. The number of rotatable bonds is 6. The van der Waals surface area contributed by atoms with E-state index in [0.717, 1.165) is 12.8 Å². The summed E-state index contributed by atoms with van der Waals surface area (Å²) in [5, 5.41) is 11.5. The fourth-order valence-corrected chi connectivity index (χ4v) is 4.58. The van der Waals surface area contributed by atoms with Crippen molar-refractivity contribution in [2.75, 3.05) is 6.54 Å². The highest BCUT2D eigenvalue weighted by molar-refractivity contribution is 5.96. The largest absolute Gasteiger partial charge is 0.459 e. The van der Waals surface area contributed by atoms with E-state index in [1.165, 1.54) is 5.57 Å². The molecule has 0 aliphatic heterocycles. The second kappa shape index (κ2) is 7.48. The summed E-state index contributed by atoms with van der Waals surface area (Å²) in [4.78, 5) is 37.3. The summed E-state index contributed by atoms with van der Waals surface area (Å²) in [6.45, 7) is 11.9. The van der Waals surface area contributed by atoms with Crippen LogP contribution in [0.4, 0.5) is 0 Å². The molecule has 0 aromatic carbocycles. The SMILES string of the molecule is CCC1=C[C@@H]2[C@H](C1)C[C@]2(C[N+](=O)[O-])C(C(=O)OC(C)(C)C)C(=O)OC(C)(C)C. The Morgan fingerprint density at radius 1 is 1.18 bits per heavy atom. The van der Waals surface area contributed by atoms with Gasteiger partial charge in [-0.2, -0.15) is 0 Å². The van der Waals surface area contributed by atoms with Crippen LogP contribution in [0.2, 0.25) is 0 Å². The van der Waals surface area contributed by atoms with Crippen LogP contribution in [0.15, 0.2) is 11.6 Å². The number of nitro groups is 1. The Morgan fingerprint density at radius 2 is 1.68 bits per heavy atom. The number of allylic oxidation sites excluding steroid dienone is 2. The van der Waals surface area contributed by atoms with E-state index < -0.39 is 45.9 Å². The van der Waals surface area contributed by atoms with Gasteiger partial charge in [-0.1, -0.05) is 18.6 Å². The zero-order chi connectivity index (χ0) is 21.5. The van der Waals surface area contributed by atoms with Gasteiger partial charge >= 0.3 is 11.9 Å². The summed E-state index contributed by atoms with van der Waals surface area (Å²) in [5.41, 5.74) is -1.49. The van der Waals surface area contributed by atoms with Gasteiger partial charge in [0.1, 0.15) is 11.2 Å². The van der Waals surface area contributed by atoms with Crippen molar-refractivity contribution >= 4 is 11.9 Å². The van der Waals surface area contributed by atoms with Crippen LogP contribution >= 0.6 is 0 Å². The predicted molar refractivity (Wildman–Crippen MR) is 104 cm³/mol. The molecule has 0 bridgehead atoms. The molecule has 2 aliphatic rings. The highest BCUT2D eigenvalue weighted by Crippen LogP contribution is 2.62.